The Morgan fingerprint density at radius 3 is 2.62 bits per heavy atom. The summed E-state index contributed by atoms with van der Waals surface area (Å²) in [5, 5.41) is 2.82. The van der Waals surface area contributed by atoms with E-state index in [-0.39, 0.29) is 17.6 Å². The standard InChI is InChI=1S/C14H20N2O4S/c1-4-21(18,19)16-12-6-5-10(8-13(12)20-3)15-14(17)11-7-9(11)2/h5-6,8-9,11,16H,4,7H2,1-3H3,(H,15,17)/t9-,11-/m1/s1. The number of anilines is 2. The molecule has 2 N–H and O–H groups in total. The lowest BCUT2D eigenvalue weighted by Gasteiger charge is -2.13. The molecule has 0 radical (unpaired) electrons. The molecule has 1 amide bonds. The van der Waals surface area contributed by atoms with E-state index in [1.54, 1.807) is 25.1 Å². The van der Waals surface area contributed by atoms with Crippen LogP contribution in [0, 0.1) is 11.8 Å². The Morgan fingerprint density at radius 2 is 2.10 bits per heavy atom. The minimum absolute atomic E-state index is 0.00792. The molecule has 0 unspecified atom stereocenters. The van der Waals surface area contributed by atoms with Crippen LogP contribution >= 0.6 is 0 Å². The molecule has 0 bridgehead atoms. The first kappa shape index (κ1) is 15.6. The van der Waals surface area contributed by atoms with Gasteiger partial charge in [0.05, 0.1) is 18.6 Å². The van der Waals surface area contributed by atoms with Gasteiger partial charge in [-0.05, 0) is 31.4 Å². The highest BCUT2D eigenvalue weighted by Crippen LogP contribution is 2.39. The molecular weight excluding hydrogens is 292 g/mol. The van der Waals surface area contributed by atoms with Crippen LogP contribution in [0.3, 0.4) is 0 Å². The molecule has 1 saturated carbocycles. The third-order valence-electron chi connectivity index (χ3n) is 3.56. The van der Waals surface area contributed by atoms with E-state index < -0.39 is 10.0 Å². The molecule has 1 aliphatic rings. The minimum atomic E-state index is -3.37. The fourth-order valence-corrected chi connectivity index (χ4v) is 2.66. The summed E-state index contributed by atoms with van der Waals surface area (Å²) in [5.41, 5.74) is 0.951. The molecular formula is C14H20N2O4S. The number of benzene rings is 1. The second-order valence-electron chi connectivity index (χ2n) is 5.23. The Balaban J connectivity index is 2.14. The lowest BCUT2D eigenvalue weighted by Crippen LogP contribution is -2.16. The summed E-state index contributed by atoms with van der Waals surface area (Å²) < 4.78 is 30.8. The topological polar surface area (TPSA) is 84.5 Å². The summed E-state index contributed by atoms with van der Waals surface area (Å²) in [6.07, 6.45) is 0.914. The summed E-state index contributed by atoms with van der Waals surface area (Å²) in [5.74, 6) is 0.853. The molecule has 21 heavy (non-hydrogen) atoms. The lowest BCUT2D eigenvalue weighted by atomic mass is 10.2. The van der Waals surface area contributed by atoms with E-state index in [0.717, 1.165) is 6.42 Å². The molecule has 0 saturated heterocycles. The van der Waals surface area contributed by atoms with Gasteiger partial charge >= 0.3 is 0 Å². The number of hydrogen-bond donors (Lipinski definition) is 2. The van der Waals surface area contributed by atoms with Crippen LogP contribution in [0.1, 0.15) is 20.3 Å². The maximum atomic E-state index is 11.9. The van der Waals surface area contributed by atoms with E-state index >= 15 is 0 Å². The van der Waals surface area contributed by atoms with Crippen LogP contribution in [0.5, 0.6) is 5.75 Å². The highest BCUT2D eigenvalue weighted by molar-refractivity contribution is 7.92. The van der Waals surface area contributed by atoms with Crippen LogP contribution in [0.4, 0.5) is 11.4 Å². The largest absolute Gasteiger partial charge is 0.494 e. The molecule has 0 heterocycles. The first-order valence-corrected chi connectivity index (χ1v) is 8.51. The fourth-order valence-electron chi connectivity index (χ4n) is 2.02. The zero-order valence-corrected chi connectivity index (χ0v) is 13.2. The zero-order valence-electron chi connectivity index (χ0n) is 12.3. The molecule has 2 rings (SSSR count). The molecule has 1 aliphatic carbocycles. The van der Waals surface area contributed by atoms with Crippen LogP contribution in [0.15, 0.2) is 18.2 Å². The number of methoxy groups -OCH3 is 1. The third kappa shape index (κ3) is 3.87. The van der Waals surface area contributed by atoms with Crippen molar-refractivity contribution in [3.63, 3.8) is 0 Å². The minimum Gasteiger partial charge on any atom is -0.494 e. The van der Waals surface area contributed by atoms with Crippen molar-refractivity contribution in [2.45, 2.75) is 20.3 Å². The first-order valence-electron chi connectivity index (χ1n) is 6.85. The molecule has 1 aromatic carbocycles. The SMILES string of the molecule is CCS(=O)(=O)Nc1ccc(NC(=O)[C@@H]2C[C@H]2C)cc1OC. The van der Waals surface area contributed by atoms with Crippen LogP contribution in [-0.2, 0) is 14.8 Å². The Labute approximate surface area is 124 Å². The van der Waals surface area contributed by atoms with Gasteiger partial charge < -0.3 is 10.1 Å². The van der Waals surface area contributed by atoms with Crippen molar-refractivity contribution in [1.29, 1.82) is 0 Å². The highest BCUT2D eigenvalue weighted by atomic mass is 32.2. The van der Waals surface area contributed by atoms with Gasteiger partial charge in [0.2, 0.25) is 15.9 Å². The molecule has 1 fully saturated rings. The van der Waals surface area contributed by atoms with Gasteiger partial charge in [0.1, 0.15) is 5.75 Å². The Bertz CT molecular complexity index is 642. The molecule has 6 nitrogen and oxygen atoms in total. The van der Waals surface area contributed by atoms with E-state index in [1.165, 1.54) is 7.11 Å². The van der Waals surface area contributed by atoms with Crippen molar-refractivity contribution in [1.82, 2.24) is 0 Å². The third-order valence-corrected chi connectivity index (χ3v) is 4.85. The average Bonchev–Trinajstić information content (AvgIpc) is 3.17. The number of rotatable bonds is 6. The highest BCUT2D eigenvalue weighted by Gasteiger charge is 2.39. The monoisotopic (exact) mass is 312 g/mol. The van der Waals surface area contributed by atoms with Gasteiger partial charge in [0.15, 0.2) is 0 Å². The second kappa shape index (κ2) is 5.93. The van der Waals surface area contributed by atoms with E-state index in [9.17, 15) is 13.2 Å². The Kier molecular flexibility index (Phi) is 4.41. The number of amides is 1. The molecule has 116 valence electrons. The molecule has 0 spiro atoms. The van der Waals surface area contributed by atoms with Crippen LogP contribution in [-0.4, -0.2) is 27.2 Å². The van der Waals surface area contributed by atoms with Crippen molar-refractivity contribution in [2.75, 3.05) is 22.9 Å². The van der Waals surface area contributed by atoms with Gasteiger partial charge in [-0.3, -0.25) is 9.52 Å². The summed E-state index contributed by atoms with van der Waals surface area (Å²) in [6, 6.07) is 4.84. The van der Waals surface area contributed by atoms with E-state index in [1.807, 2.05) is 6.92 Å². The summed E-state index contributed by atoms with van der Waals surface area (Å²) in [7, 11) is -1.92. The predicted octanol–water partition coefficient (Wildman–Crippen LogP) is 2.05. The number of ether oxygens (including phenoxy) is 1. The molecule has 1 aromatic rings. The van der Waals surface area contributed by atoms with Gasteiger partial charge in [0.25, 0.3) is 0 Å². The smallest absolute Gasteiger partial charge is 0.232 e. The molecule has 7 heteroatoms. The average molecular weight is 312 g/mol. The van der Waals surface area contributed by atoms with Gasteiger partial charge in [-0.1, -0.05) is 6.92 Å². The van der Waals surface area contributed by atoms with Crippen LogP contribution in [0.2, 0.25) is 0 Å². The Hall–Kier alpha value is -1.76. The lowest BCUT2D eigenvalue weighted by molar-refractivity contribution is -0.117. The van der Waals surface area contributed by atoms with Crippen LogP contribution < -0.4 is 14.8 Å². The number of sulfonamides is 1. The van der Waals surface area contributed by atoms with E-state index in [0.29, 0.717) is 23.0 Å². The Morgan fingerprint density at radius 1 is 1.43 bits per heavy atom. The van der Waals surface area contributed by atoms with Crippen LogP contribution in [0.25, 0.3) is 0 Å². The molecule has 2 atom stereocenters. The number of carbonyl (C=O) groups is 1. The summed E-state index contributed by atoms with van der Waals surface area (Å²) in [6.45, 7) is 3.59. The van der Waals surface area contributed by atoms with Gasteiger partial charge in [-0.2, -0.15) is 0 Å². The number of hydrogen-bond acceptors (Lipinski definition) is 4. The fraction of sp³-hybridized carbons (Fsp3) is 0.500. The van der Waals surface area contributed by atoms with Crippen molar-refractivity contribution in [3.8, 4) is 5.75 Å². The van der Waals surface area contributed by atoms with Crippen molar-refractivity contribution in [3.05, 3.63) is 18.2 Å². The normalized spacial score (nSPS) is 20.7. The molecule has 0 aromatic heterocycles. The second-order valence-corrected chi connectivity index (χ2v) is 7.24. The van der Waals surface area contributed by atoms with Crippen molar-refractivity contribution < 1.29 is 17.9 Å². The van der Waals surface area contributed by atoms with Gasteiger partial charge in [0, 0.05) is 17.7 Å². The maximum absolute atomic E-state index is 11.9. The van der Waals surface area contributed by atoms with Crippen molar-refractivity contribution >= 4 is 27.3 Å². The van der Waals surface area contributed by atoms with Gasteiger partial charge in [-0.15, -0.1) is 0 Å². The zero-order chi connectivity index (χ0) is 15.6. The number of nitrogens with one attached hydrogen (secondary N) is 2. The van der Waals surface area contributed by atoms with E-state index in [2.05, 4.69) is 10.0 Å². The maximum Gasteiger partial charge on any atom is 0.232 e. The summed E-state index contributed by atoms with van der Waals surface area (Å²) >= 11 is 0. The number of carbonyl (C=O) groups excluding carboxylic acids is 1. The first-order chi connectivity index (χ1) is 9.86. The van der Waals surface area contributed by atoms with Gasteiger partial charge in [-0.25, -0.2) is 8.42 Å². The predicted molar refractivity (Wildman–Crippen MR) is 82.0 cm³/mol. The quantitative estimate of drug-likeness (QED) is 0.842. The van der Waals surface area contributed by atoms with Crippen molar-refractivity contribution in [2.24, 2.45) is 11.8 Å². The van der Waals surface area contributed by atoms with E-state index in [4.69, 9.17) is 4.74 Å². The summed E-state index contributed by atoms with van der Waals surface area (Å²) in [4.78, 5) is 11.9. The molecule has 0 aliphatic heterocycles.